The number of Topliss-reactive ketones (excluding diaryl/α,β-unsaturated/α-hetero) is 1. The minimum Gasteiger partial charge on any atom is -0.293 e. The van der Waals surface area contributed by atoms with Crippen molar-refractivity contribution in [1.82, 2.24) is 4.98 Å². The molecule has 5 heteroatoms. The van der Waals surface area contributed by atoms with Gasteiger partial charge in [0.05, 0.1) is 16.3 Å². The summed E-state index contributed by atoms with van der Waals surface area (Å²) in [5, 5.41) is 0.739. The highest BCUT2D eigenvalue weighted by molar-refractivity contribution is 9.10. The van der Waals surface area contributed by atoms with Crippen molar-refractivity contribution in [3.05, 3.63) is 58.4 Å². The largest absolute Gasteiger partial charge is 0.293 e. The minimum absolute atomic E-state index is 0.127. The molecule has 0 saturated heterocycles. The molecule has 2 rings (SSSR count). The maximum atomic E-state index is 13.4. The molecule has 0 radical (unpaired) electrons. The number of hydrogen-bond acceptors (Lipinski definition) is 3. The number of pyridine rings is 1. The predicted octanol–water partition coefficient (Wildman–Crippen LogP) is 3.96. The second-order valence-electron chi connectivity index (χ2n) is 3.51. The minimum atomic E-state index is -0.480. The summed E-state index contributed by atoms with van der Waals surface area (Å²) in [4.78, 5) is 15.9. The van der Waals surface area contributed by atoms with Crippen LogP contribution in [-0.2, 0) is 0 Å². The number of nitrogens with zero attached hydrogens (tertiary/aromatic N) is 1. The SMILES string of the molecule is O=C(CSc1ccc(Br)cn1)c1ccccc1F. The number of benzene rings is 1. The first-order valence-corrected chi connectivity index (χ1v) is 6.97. The van der Waals surface area contributed by atoms with Crippen molar-refractivity contribution in [2.45, 2.75) is 5.03 Å². The van der Waals surface area contributed by atoms with E-state index in [4.69, 9.17) is 0 Å². The second kappa shape index (κ2) is 6.11. The van der Waals surface area contributed by atoms with Gasteiger partial charge in [-0.1, -0.05) is 23.9 Å². The third-order valence-corrected chi connectivity index (χ3v) is 3.64. The predicted molar refractivity (Wildman–Crippen MR) is 73.4 cm³/mol. The first-order chi connectivity index (χ1) is 8.66. The van der Waals surface area contributed by atoms with Gasteiger partial charge in [0, 0.05) is 10.7 Å². The topological polar surface area (TPSA) is 30.0 Å². The van der Waals surface area contributed by atoms with Crippen molar-refractivity contribution in [2.75, 3.05) is 5.75 Å². The van der Waals surface area contributed by atoms with Gasteiger partial charge in [-0.3, -0.25) is 4.79 Å². The highest BCUT2D eigenvalue weighted by Crippen LogP contribution is 2.19. The van der Waals surface area contributed by atoms with Crippen LogP contribution in [0, 0.1) is 5.82 Å². The highest BCUT2D eigenvalue weighted by Gasteiger charge is 2.11. The standard InChI is InChI=1S/C13H9BrFNOS/c14-9-5-6-13(16-7-9)18-8-12(17)10-3-1-2-4-11(10)15/h1-7H,8H2. The number of halogens is 2. The summed E-state index contributed by atoms with van der Waals surface area (Å²) < 4.78 is 14.2. The summed E-state index contributed by atoms with van der Waals surface area (Å²) in [6.45, 7) is 0. The van der Waals surface area contributed by atoms with Gasteiger partial charge in [-0.2, -0.15) is 0 Å². The van der Waals surface area contributed by atoms with E-state index in [2.05, 4.69) is 20.9 Å². The molecule has 1 aromatic carbocycles. The molecular weight excluding hydrogens is 317 g/mol. The van der Waals surface area contributed by atoms with Gasteiger partial charge in [-0.25, -0.2) is 9.37 Å². The van der Waals surface area contributed by atoms with Gasteiger partial charge in [0.25, 0.3) is 0 Å². The van der Waals surface area contributed by atoms with Crippen LogP contribution in [0.3, 0.4) is 0 Å². The summed E-state index contributed by atoms with van der Waals surface area (Å²) in [5.74, 6) is -0.537. The van der Waals surface area contributed by atoms with E-state index in [1.54, 1.807) is 18.3 Å². The molecule has 0 bridgehead atoms. The number of hydrogen-bond donors (Lipinski definition) is 0. The van der Waals surface area contributed by atoms with Gasteiger partial charge >= 0.3 is 0 Å². The summed E-state index contributed by atoms with van der Waals surface area (Å²) in [6.07, 6.45) is 1.66. The lowest BCUT2D eigenvalue weighted by Crippen LogP contribution is -2.05. The Balaban J connectivity index is 2.01. The molecule has 0 aliphatic rings. The first kappa shape index (κ1) is 13.2. The Labute approximate surface area is 117 Å². The van der Waals surface area contributed by atoms with Crippen molar-refractivity contribution in [2.24, 2.45) is 0 Å². The summed E-state index contributed by atoms with van der Waals surface area (Å²) in [6, 6.07) is 9.66. The van der Waals surface area contributed by atoms with E-state index in [9.17, 15) is 9.18 Å². The second-order valence-corrected chi connectivity index (χ2v) is 5.42. The number of carbonyl (C=O) groups is 1. The van der Waals surface area contributed by atoms with Gasteiger partial charge in [-0.15, -0.1) is 0 Å². The molecule has 0 unspecified atom stereocenters. The first-order valence-electron chi connectivity index (χ1n) is 5.19. The maximum Gasteiger partial charge on any atom is 0.176 e. The maximum absolute atomic E-state index is 13.4. The summed E-state index contributed by atoms with van der Waals surface area (Å²) in [5.41, 5.74) is 0.127. The summed E-state index contributed by atoms with van der Waals surface area (Å²) >= 11 is 4.58. The van der Waals surface area contributed by atoms with Crippen molar-refractivity contribution < 1.29 is 9.18 Å². The number of aromatic nitrogens is 1. The van der Waals surface area contributed by atoms with Crippen molar-refractivity contribution in [3.63, 3.8) is 0 Å². The van der Waals surface area contributed by atoms with Gasteiger partial charge in [-0.05, 0) is 40.2 Å². The molecule has 1 aromatic heterocycles. The molecule has 0 aliphatic carbocycles. The van der Waals surface area contributed by atoms with Crippen LogP contribution in [0.25, 0.3) is 0 Å². The van der Waals surface area contributed by atoms with E-state index in [0.717, 1.165) is 9.50 Å². The van der Waals surface area contributed by atoms with E-state index in [1.165, 1.54) is 23.9 Å². The molecule has 0 saturated carbocycles. The molecule has 1 heterocycles. The van der Waals surface area contributed by atoms with Crippen LogP contribution in [0.15, 0.2) is 52.1 Å². The molecule has 0 fully saturated rings. The molecule has 0 aliphatic heterocycles. The quantitative estimate of drug-likeness (QED) is 0.629. The van der Waals surface area contributed by atoms with Crippen molar-refractivity contribution in [3.8, 4) is 0 Å². The number of carbonyl (C=O) groups excluding carboxylic acids is 1. The molecule has 0 spiro atoms. The van der Waals surface area contributed by atoms with E-state index in [0.29, 0.717) is 0 Å². The van der Waals surface area contributed by atoms with Crippen LogP contribution in [0.2, 0.25) is 0 Å². The van der Waals surface area contributed by atoms with Crippen molar-refractivity contribution >= 4 is 33.5 Å². The zero-order valence-electron chi connectivity index (χ0n) is 9.27. The number of thioether (sulfide) groups is 1. The monoisotopic (exact) mass is 325 g/mol. The Hall–Kier alpha value is -1.20. The fraction of sp³-hybridized carbons (Fsp3) is 0.0769. The molecular formula is C13H9BrFNOS. The third-order valence-electron chi connectivity index (χ3n) is 2.23. The Bertz CT molecular complexity index is 559. The zero-order valence-corrected chi connectivity index (χ0v) is 11.7. The van der Waals surface area contributed by atoms with Crippen LogP contribution >= 0.6 is 27.7 Å². The van der Waals surface area contributed by atoms with E-state index in [1.807, 2.05) is 12.1 Å². The fourth-order valence-corrected chi connectivity index (χ4v) is 2.31. The van der Waals surface area contributed by atoms with E-state index < -0.39 is 5.82 Å². The lowest BCUT2D eigenvalue weighted by Gasteiger charge is -2.02. The van der Waals surface area contributed by atoms with Crippen molar-refractivity contribution in [1.29, 1.82) is 0 Å². The van der Waals surface area contributed by atoms with Gasteiger partial charge in [0.15, 0.2) is 5.78 Å². The number of rotatable bonds is 4. The normalized spacial score (nSPS) is 10.3. The Morgan fingerprint density at radius 2 is 2.06 bits per heavy atom. The van der Waals surface area contributed by atoms with Crippen LogP contribution in [0.5, 0.6) is 0 Å². The van der Waals surface area contributed by atoms with Crippen LogP contribution in [0.1, 0.15) is 10.4 Å². The van der Waals surface area contributed by atoms with E-state index >= 15 is 0 Å². The fourth-order valence-electron chi connectivity index (χ4n) is 1.35. The Morgan fingerprint density at radius 3 is 2.72 bits per heavy atom. The van der Waals surface area contributed by atoms with Crippen LogP contribution < -0.4 is 0 Å². The van der Waals surface area contributed by atoms with Gasteiger partial charge < -0.3 is 0 Å². The Morgan fingerprint density at radius 1 is 1.28 bits per heavy atom. The average Bonchev–Trinajstić information content (AvgIpc) is 2.38. The third kappa shape index (κ3) is 3.40. The van der Waals surface area contributed by atoms with Gasteiger partial charge in [0.2, 0.25) is 0 Å². The molecule has 0 atom stereocenters. The molecule has 18 heavy (non-hydrogen) atoms. The molecule has 0 amide bonds. The Kier molecular flexibility index (Phi) is 4.49. The molecule has 2 aromatic rings. The molecule has 0 N–H and O–H groups in total. The van der Waals surface area contributed by atoms with Gasteiger partial charge in [0.1, 0.15) is 5.82 Å². The smallest absolute Gasteiger partial charge is 0.176 e. The molecule has 92 valence electrons. The average molecular weight is 326 g/mol. The highest BCUT2D eigenvalue weighted by atomic mass is 79.9. The van der Waals surface area contributed by atoms with Crippen LogP contribution in [-0.4, -0.2) is 16.5 Å². The zero-order chi connectivity index (χ0) is 13.0. The lowest BCUT2D eigenvalue weighted by atomic mass is 10.1. The van der Waals surface area contributed by atoms with Crippen LogP contribution in [0.4, 0.5) is 4.39 Å². The lowest BCUT2D eigenvalue weighted by molar-refractivity contribution is 0.101. The molecule has 2 nitrogen and oxygen atoms in total. The number of ketones is 1. The van der Waals surface area contributed by atoms with E-state index in [-0.39, 0.29) is 17.1 Å². The summed E-state index contributed by atoms with van der Waals surface area (Å²) in [7, 11) is 0.